The van der Waals surface area contributed by atoms with Crippen LogP contribution in [0.15, 0.2) is 11.3 Å². The first-order valence-corrected chi connectivity index (χ1v) is 3.94. The van der Waals surface area contributed by atoms with Crippen LogP contribution in [0.4, 0.5) is 0 Å². The molecule has 0 radical (unpaired) electrons. The predicted octanol–water partition coefficient (Wildman–Crippen LogP) is 0.597. The minimum absolute atomic E-state index is 0.0649. The van der Waals surface area contributed by atoms with E-state index in [4.69, 9.17) is 24.7 Å². The highest BCUT2D eigenvalue weighted by molar-refractivity contribution is 5.38. The highest BCUT2D eigenvalue weighted by Crippen LogP contribution is 2.04. The fourth-order valence-corrected chi connectivity index (χ4v) is 0.690. The molecule has 0 aromatic rings. The van der Waals surface area contributed by atoms with Crippen molar-refractivity contribution in [3.05, 3.63) is 11.3 Å². The topological polar surface area (TPSA) is 75.3 Å². The highest BCUT2D eigenvalue weighted by Gasteiger charge is 2.05. The van der Waals surface area contributed by atoms with Crippen molar-refractivity contribution in [3.8, 4) is 12.1 Å². The Morgan fingerprint density at radius 1 is 1.14 bits per heavy atom. The molecule has 0 saturated carbocycles. The van der Waals surface area contributed by atoms with E-state index in [1.807, 2.05) is 0 Å². The Labute approximate surface area is 83.1 Å². The molecule has 0 amide bonds. The number of rotatable bonds is 6. The van der Waals surface area contributed by atoms with E-state index in [1.54, 1.807) is 19.2 Å². The number of allylic oxidation sites excluding steroid dienone is 1. The molecule has 0 rings (SSSR count). The van der Waals surface area contributed by atoms with Crippen molar-refractivity contribution < 1.29 is 14.2 Å². The van der Waals surface area contributed by atoms with E-state index in [9.17, 15) is 0 Å². The van der Waals surface area contributed by atoms with Crippen molar-refractivity contribution in [3.63, 3.8) is 0 Å². The summed E-state index contributed by atoms with van der Waals surface area (Å²) in [5.41, 5.74) is -0.0649. The molecule has 0 atom stereocenters. The summed E-state index contributed by atoms with van der Waals surface area (Å²) in [7, 11) is 2.95. The fraction of sp³-hybridized carbons (Fsp3) is 0.556. The standard InChI is InChI=1S/C9H12N2O3/c1-12-3-4-14-7-9(13-2)8(5-10)6-11/h3-4,7H2,1-2H3. The molecule has 0 fully saturated rings. The second-order valence-corrected chi connectivity index (χ2v) is 2.27. The molecular weight excluding hydrogens is 184 g/mol. The van der Waals surface area contributed by atoms with E-state index in [0.717, 1.165) is 0 Å². The van der Waals surface area contributed by atoms with Crippen LogP contribution in [0.3, 0.4) is 0 Å². The second kappa shape index (κ2) is 8.06. The normalized spacial score (nSPS) is 8.57. The largest absolute Gasteiger partial charge is 0.496 e. The summed E-state index contributed by atoms with van der Waals surface area (Å²) in [6.07, 6.45) is 0. The molecular formula is C9H12N2O3. The van der Waals surface area contributed by atoms with Gasteiger partial charge in [-0.15, -0.1) is 0 Å². The predicted molar refractivity (Wildman–Crippen MR) is 48.0 cm³/mol. The molecule has 5 nitrogen and oxygen atoms in total. The zero-order valence-corrected chi connectivity index (χ0v) is 8.24. The third kappa shape index (κ3) is 4.46. The molecule has 0 aliphatic carbocycles. The first-order valence-electron chi connectivity index (χ1n) is 3.94. The number of nitriles is 2. The van der Waals surface area contributed by atoms with Crippen LogP contribution in [-0.2, 0) is 14.2 Å². The minimum Gasteiger partial charge on any atom is -0.496 e. The van der Waals surface area contributed by atoms with Gasteiger partial charge in [-0.1, -0.05) is 0 Å². The molecule has 0 aromatic heterocycles. The first-order chi connectivity index (χ1) is 6.79. The summed E-state index contributed by atoms with van der Waals surface area (Å²) in [6.45, 7) is 0.968. The summed E-state index contributed by atoms with van der Waals surface area (Å²) in [5.74, 6) is 0.242. The SMILES string of the molecule is COCCOCC(OC)=C(C#N)C#N. The van der Waals surface area contributed by atoms with E-state index >= 15 is 0 Å². The smallest absolute Gasteiger partial charge is 0.169 e. The molecule has 14 heavy (non-hydrogen) atoms. The summed E-state index contributed by atoms with van der Waals surface area (Å²) in [5, 5.41) is 17.1. The lowest BCUT2D eigenvalue weighted by Crippen LogP contribution is -2.07. The van der Waals surface area contributed by atoms with Gasteiger partial charge in [-0.25, -0.2) is 0 Å². The Morgan fingerprint density at radius 3 is 2.21 bits per heavy atom. The minimum atomic E-state index is -0.0649. The highest BCUT2D eigenvalue weighted by atomic mass is 16.5. The van der Waals surface area contributed by atoms with E-state index in [2.05, 4.69) is 0 Å². The summed E-state index contributed by atoms with van der Waals surface area (Å²) in [6, 6.07) is 3.45. The monoisotopic (exact) mass is 196 g/mol. The molecule has 0 aliphatic rings. The van der Waals surface area contributed by atoms with Crippen LogP contribution in [0.25, 0.3) is 0 Å². The number of hydrogen-bond acceptors (Lipinski definition) is 5. The van der Waals surface area contributed by atoms with Gasteiger partial charge in [-0.3, -0.25) is 0 Å². The second-order valence-electron chi connectivity index (χ2n) is 2.27. The van der Waals surface area contributed by atoms with E-state index in [1.165, 1.54) is 7.11 Å². The van der Waals surface area contributed by atoms with Gasteiger partial charge in [0, 0.05) is 7.11 Å². The van der Waals surface area contributed by atoms with E-state index in [0.29, 0.717) is 13.2 Å². The molecule has 0 heterocycles. The molecule has 76 valence electrons. The van der Waals surface area contributed by atoms with Crippen LogP contribution in [0.5, 0.6) is 0 Å². The molecule has 0 saturated heterocycles. The lowest BCUT2D eigenvalue weighted by atomic mass is 10.3. The van der Waals surface area contributed by atoms with Gasteiger partial charge in [0.05, 0.1) is 20.3 Å². The molecule has 0 N–H and O–H groups in total. The number of nitrogens with zero attached hydrogens (tertiary/aromatic N) is 2. The van der Waals surface area contributed by atoms with Crippen LogP contribution in [0.2, 0.25) is 0 Å². The maximum absolute atomic E-state index is 8.54. The zero-order chi connectivity index (χ0) is 10.8. The van der Waals surface area contributed by atoms with Gasteiger partial charge >= 0.3 is 0 Å². The lowest BCUT2D eigenvalue weighted by Gasteiger charge is -2.06. The van der Waals surface area contributed by atoms with E-state index < -0.39 is 0 Å². The van der Waals surface area contributed by atoms with Gasteiger partial charge in [0.1, 0.15) is 24.5 Å². The fourth-order valence-electron chi connectivity index (χ4n) is 0.690. The van der Waals surface area contributed by atoms with Gasteiger partial charge < -0.3 is 14.2 Å². The zero-order valence-electron chi connectivity index (χ0n) is 8.24. The van der Waals surface area contributed by atoms with Gasteiger partial charge in [0.15, 0.2) is 5.57 Å². The van der Waals surface area contributed by atoms with Crippen molar-refractivity contribution >= 4 is 0 Å². The molecule has 0 aromatic carbocycles. The van der Waals surface area contributed by atoms with Crippen molar-refractivity contribution in [1.82, 2.24) is 0 Å². The maximum Gasteiger partial charge on any atom is 0.169 e. The van der Waals surface area contributed by atoms with Crippen LogP contribution in [0, 0.1) is 22.7 Å². The molecule has 5 heteroatoms. The average Bonchev–Trinajstić information content (AvgIpc) is 2.23. The first kappa shape index (κ1) is 12.4. The molecule has 0 bridgehead atoms. The third-order valence-electron chi connectivity index (χ3n) is 1.41. The third-order valence-corrected chi connectivity index (χ3v) is 1.41. The van der Waals surface area contributed by atoms with Gasteiger partial charge in [-0.2, -0.15) is 10.5 Å². The Balaban J connectivity index is 4.11. The van der Waals surface area contributed by atoms with Crippen LogP contribution in [0.1, 0.15) is 0 Å². The molecule has 0 spiro atoms. The Bertz CT molecular complexity index is 257. The summed E-state index contributed by atoms with van der Waals surface area (Å²) >= 11 is 0. The van der Waals surface area contributed by atoms with Crippen LogP contribution >= 0.6 is 0 Å². The van der Waals surface area contributed by atoms with Gasteiger partial charge in [0.25, 0.3) is 0 Å². The summed E-state index contributed by atoms with van der Waals surface area (Å²) in [4.78, 5) is 0. The molecule has 0 aliphatic heterocycles. The maximum atomic E-state index is 8.54. The summed E-state index contributed by atoms with van der Waals surface area (Å²) < 4.78 is 14.7. The van der Waals surface area contributed by atoms with E-state index in [-0.39, 0.29) is 17.9 Å². The quantitative estimate of drug-likeness (QED) is 0.353. The number of methoxy groups -OCH3 is 2. The van der Waals surface area contributed by atoms with Gasteiger partial charge in [0.2, 0.25) is 0 Å². The van der Waals surface area contributed by atoms with Crippen molar-refractivity contribution in [2.24, 2.45) is 0 Å². The van der Waals surface area contributed by atoms with Crippen LogP contribution in [-0.4, -0.2) is 34.0 Å². The van der Waals surface area contributed by atoms with Crippen molar-refractivity contribution in [2.75, 3.05) is 34.0 Å². The lowest BCUT2D eigenvalue weighted by molar-refractivity contribution is 0.0638. The number of hydrogen-bond donors (Lipinski definition) is 0. The van der Waals surface area contributed by atoms with Crippen LogP contribution < -0.4 is 0 Å². The van der Waals surface area contributed by atoms with Crippen molar-refractivity contribution in [1.29, 1.82) is 10.5 Å². The Morgan fingerprint density at radius 2 is 1.79 bits per heavy atom. The Hall–Kier alpha value is -1.56. The average molecular weight is 196 g/mol. The Kier molecular flexibility index (Phi) is 7.16. The number of ether oxygens (including phenoxy) is 3. The van der Waals surface area contributed by atoms with Crippen molar-refractivity contribution in [2.45, 2.75) is 0 Å². The van der Waals surface area contributed by atoms with Gasteiger partial charge in [-0.05, 0) is 0 Å². The molecule has 0 unspecified atom stereocenters.